The molecule has 4 aromatic rings. The summed E-state index contributed by atoms with van der Waals surface area (Å²) in [6.07, 6.45) is 1.03. The number of aromatic nitrogens is 5. The molecular formula is C19H16F3N5. The summed E-state index contributed by atoms with van der Waals surface area (Å²) >= 11 is 0. The Balaban J connectivity index is 1.88. The Morgan fingerprint density at radius 2 is 2.04 bits per heavy atom. The van der Waals surface area contributed by atoms with Gasteiger partial charge in [0.25, 0.3) is 0 Å². The molecule has 3 aromatic heterocycles. The van der Waals surface area contributed by atoms with Crippen LogP contribution in [-0.4, -0.2) is 25.4 Å². The molecule has 8 heteroatoms. The highest BCUT2D eigenvalue weighted by molar-refractivity contribution is 6.07. The molecule has 1 aliphatic rings. The number of fused-ring (bicyclic) bond motifs is 5. The highest BCUT2D eigenvalue weighted by Crippen LogP contribution is 2.42. The van der Waals surface area contributed by atoms with Gasteiger partial charge < -0.3 is 0 Å². The van der Waals surface area contributed by atoms with E-state index in [0.717, 1.165) is 40.3 Å². The molecule has 0 amide bonds. The van der Waals surface area contributed by atoms with Crippen LogP contribution in [0.5, 0.6) is 0 Å². The lowest BCUT2D eigenvalue weighted by molar-refractivity contribution is -0.140. The zero-order valence-electron chi connectivity index (χ0n) is 14.5. The first-order valence-electron chi connectivity index (χ1n) is 8.82. The molecule has 1 aromatic carbocycles. The highest BCUT2D eigenvalue weighted by atomic mass is 19.4. The van der Waals surface area contributed by atoms with E-state index < -0.39 is 11.9 Å². The van der Waals surface area contributed by atoms with Crippen LogP contribution in [0.25, 0.3) is 33.1 Å². The van der Waals surface area contributed by atoms with Crippen molar-refractivity contribution in [1.82, 2.24) is 25.4 Å². The number of pyridine rings is 1. The molecule has 5 rings (SSSR count). The van der Waals surface area contributed by atoms with Crippen molar-refractivity contribution in [3.05, 3.63) is 41.3 Å². The number of alkyl halides is 3. The van der Waals surface area contributed by atoms with Gasteiger partial charge in [-0.25, -0.2) is 4.98 Å². The Kier molecular flexibility index (Phi) is 3.35. The number of aryl methyl sites for hydroxylation is 1. The molecule has 2 N–H and O–H groups in total. The van der Waals surface area contributed by atoms with Crippen LogP contribution in [0.4, 0.5) is 13.2 Å². The maximum Gasteiger partial charge on any atom is 0.435 e. The van der Waals surface area contributed by atoms with Crippen molar-refractivity contribution < 1.29 is 13.2 Å². The van der Waals surface area contributed by atoms with Crippen molar-refractivity contribution >= 4 is 21.8 Å². The van der Waals surface area contributed by atoms with Crippen LogP contribution in [0.3, 0.4) is 0 Å². The first-order valence-corrected chi connectivity index (χ1v) is 8.82. The number of nitrogens with one attached hydrogen (secondary N) is 2. The van der Waals surface area contributed by atoms with Gasteiger partial charge in [-0.1, -0.05) is 6.92 Å². The smallest absolute Gasteiger partial charge is 0.284 e. The van der Waals surface area contributed by atoms with E-state index in [0.29, 0.717) is 23.5 Å². The van der Waals surface area contributed by atoms with Crippen molar-refractivity contribution in [1.29, 1.82) is 0 Å². The summed E-state index contributed by atoms with van der Waals surface area (Å²) in [5.74, 6) is 0.389. The van der Waals surface area contributed by atoms with Crippen molar-refractivity contribution in [2.24, 2.45) is 5.92 Å². The third-order valence-electron chi connectivity index (χ3n) is 5.39. The summed E-state index contributed by atoms with van der Waals surface area (Å²) in [6, 6.07) is 3.70. The molecule has 0 aliphatic heterocycles. The molecule has 0 spiro atoms. The number of nitrogens with zero attached hydrogens (tertiary/aromatic N) is 3. The van der Waals surface area contributed by atoms with Crippen LogP contribution in [0.2, 0.25) is 0 Å². The van der Waals surface area contributed by atoms with Crippen LogP contribution >= 0.6 is 0 Å². The standard InChI is InChI=1S/C19H16F3N5/c1-9-2-3-10-11(6-9)17(13-8-24-27-18(13)19(20,21)22)25-15-5-4-14-12(16(10)15)7-23-26-14/h4-5,7-9H,2-3,6H2,1H3,(H,23,26)(H,24,27). The molecule has 27 heavy (non-hydrogen) atoms. The van der Waals surface area contributed by atoms with Gasteiger partial charge in [0.2, 0.25) is 0 Å². The average Bonchev–Trinajstić information content (AvgIpc) is 3.29. The maximum absolute atomic E-state index is 13.4. The third kappa shape index (κ3) is 2.43. The number of hydrogen-bond acceptors (Lipinski definition) is 3. The van der Waals surface area contributed by atoms with Crippen LogP contribution < -0.4 is 0 Å². The van der Waals surface area contributed by atoms with E-state index in [1.807, 2.05) is 12.1 Å². The molecule has 138 valence electrons. The molecule has 0 radical (unpaired) electrons. The largest absolute Gasteiger partial charge is 0.435 e. The van der Waals surface area contributed by atoms with Gasteiger partial charge in [0.15, 0.2) is 5.69 Å². The lowest BCUT2D eigenvalue weighted by Gasteiger charge is -2.25. The fourth-order valence-corrected chi connectivity index (χ4v) is 4.14. The Labute approximate surface area is 152 Å². The van der Waals surface area contributed by atoms with E-state index >= 15 is 0 Å². The number of halogens is 3. The zero-order chi connectivity index (χ0) is 18.8. The summed E-state index contributed by atoms with van der Waals surface area (Å²) in [5.41, 5.74) is 3.03. The molecule has 0 fully saturated rings. The highest BCUT2D eigenvalue weighted by Gasteiger charge is 2.38. The Morgan fingerprint density at radius 3 is 2.85 bits per heavy atom. The van der Waals surface area contributed by atoms with E-state index in [4.69, 9.17) is 0 Å². The minimum atomic E-state index is -4.53. The molecule has 1 unspecified atom stereocenters. The first-order chi connectivity index (χ1) is 12.9. The second-order valence-corrected chi connectivity index (χ2v) is 7.20. The molecule has 3 heterocycles. The van der Waals surface area contributed by atoms with Gasteiger partial charge in [-0.3, -0.25) is 10.2 Å². The van der Waals surface area contributed by atoms with Crippen LogP contribution in [0.15, 0.2) is 24.5 Å². The van der Waals surface area contributed by atoms with Crippen molar-refractivity contribution in [3.8, 4) is 11.3 Å². The van der Waals surface area contributed by atoms with Crippen molar-refractivity contribution in [2.45, 2.75) is 32.4 Å². The molecular weight excluding hydrogens is 355 g/mol. The molecule has 1 aliphatic carbocycles. The van der Waals surface area contributed by atoms with E-state index in [1.165, 1.54) is 6.20 Å². The van der Waals surface area contributed by atoms with Crippen molar-refractivity contribution in [3.63, 3.8) is 0 Å². The first kappa shape index (κ1) is 16.3. The van der Waals surface area contributed by atoms with E-state index in [-0.39, 0.29) is 5.56 Å². The number of H-pyrrole nitrogens is 2. The Bertz CT molecular complexity index is 1170. The lowest BCUT2D eigenvalue weighted by Crippen LogP contribution is -2.15. The summed E-state index contributed by atoms with van der Waals surface area (Å²) in [5, 5.41) is 14.8. The van der Waals surface area contributed by atoms with E-state index in [9.17, 15) is 13.2 Å². The van der Waals surface area contributed by atoms with Gasteiger partial charge in [-0.05, 0) is 48.4 Å². The Hall–Kier alpha value is -2.90. The van der Waals surface area contributed by atoms with Gasteiger partial charge in [-0.2, -0.15) is 23.4 Å². The zero-order valence-corrected chi connectivity index (χ0v) is 14.5. The van der Waals surface area contributed by atoms with Gasteiger partial charge >= 0.3 is 6.18 Å². The minimum absolute atomic E-state index is 0.0158. The van der Waals surface area contributed by atoms with Crippen LogP contribution in [0.1, 0.15) is 30.2 Å². The number of rotatable bonds is 1. The third-order valence-corrected chi connectivity index (χ3v) is 5.39. The quantitative estimate of drug-likeness (QED) is 0.512. The minimum Gasteiger partial charge on any atom is -0.284 e. The maximum atomic E-state index is 13.4. The van der Waals surface area contributed by atoms with Crippen molar-refractivity contribution in [2.75, 3.05) is 0 Å². The topological polar surface area (TPSA) is 70.2 Å². The predicted octanol–water partition coefficient (Wildman–Crippen LogP) is 4.64. The average molecular weight is 371 g/mol. The van der Waals surface area contributed by atoms with Gasteiger partial charge in [0.1, 0.15) is 0 Å². The molecule has 1 atom stereocenters. The number of benzene rings is 1. The molecule has 0 saturated heterocycles. The molecule has 0 saturated carbocycles. The van der Waals surface area contributed by atoms with Gasteiger partial charge in [-0.15, -0.1) is 0 Å². The second kappa shape index (κ2) is 5.55. The van der Waals surface area contributed by atoms with Crippen LogP contribution in [0, 0.1) is 5.92 Å². The fourth-order valence-electron chi connectivity index (χ4n) is 4.14. The van der Waals surface area contributed by atoms with Gasteiger partial charge in [0.05, 0.1) is 28.5 Å². The molecule has 0 bridgehead atoms. The monoisotopic (exact) mass is 371 g/mol. The summed E-state index contributed by atoms with van der Waals surface area (Å²) in [7, 11) is 0. The number of hydrogen-bond donors (Lipinski definition) is 2. The van der Waals surface area contributed by atoms with E-state index in [2.05, 4.69) is 32.3 Å². The number of aromatic amines is 2. The fraction of sp³-hybridized carbons (Fsp3) is 0.316. The van der Waals surface area contributed by atoms with Gasteiger partial charge in [0, 0.05) is 17.0 Å². The molecule has 5 nitrogen and oxygen atoms in total. The summed E-state index contributed by atoms with van der Waals surface area (Å²) in [4.78, 5) is 4.67. The Morgan fingerprint density at radius 1 is 1.19 bits per heavy atom. The predicted molar refractivity (Wildman–Crippen MR) is 95.2 cm³/mol. The second-order valence-electron chi connectivity index (χ2n) is 7.20. The summed E-state index contributed by atoms with van der Waals surface area (Å²) in [6.45, 7) is 2.12. The van der Waals surface area contributed by atoms with Crippen LogP contribution in [-0.2, 0) is 19.0 Å². The van der Waals surface area contributed by atoms with E-state index in [1.54, 1.807) is 6.20 Å². The lowest BCUT2D eigenvalue weighted by atomic mass is 9.81. The normalized spacial score (nSPS) is 17.6. The SMILES string of the molecule is CC1CCc2c(c(-c3c[nH]nc3C(F)(F)F)nc3ccc4[nH]ncc4c23)C1. The summed E-state index contributed by atoms with van der Waals surface area (Å²) < 4.78 is 40.3.